The van der Waals surface area contributed by atoms with Crippen LogP contribution >= 0.6 is 11.8 Å². The van der Waals surface area contributed by atoms with Gasteiger partial charge in [-0.25, -0.2) is 0 Å². The number of carbonyl (C=O) groups excluding carboxylic acids is 2. The number of amides is 1. The molecule has 0 fully saturated rings. The van der Waals surface area contributed by atoms with Crippen molar-refractivity contribution < 1.29 is 9.59 Å². The smallest absolute Gasteiger partial charge is 0.220 e. The van der Waals surface area contributed by atoms with Gasteiger partial charge in [-0.1, -0.05) is 6.92 Å². The molecular weight excluding hydrogens is 224 g/mol. The highest BCUT2D eigenvalue weighted by Crippen LogP contribution is 2.00. The Morgan fingerprint density at radius 3 is 2.88 bits per heavy atom. The summed E-state index contributed by atoms with van der Waals surface area (Å²) in [5.41, 5.74) is 5.44. The molecule has 0 aromatic rings. The van der Waals surface area contributed by atoms with E-state index in [2.05, 4.69) is 12.2 Å². The first-order valence-corrected chi connectivity index (χ1v) is 6.91. The van der Waals surface area contributed by atoms with Crippen LogP contribution in [0.25, 0.3) is 0 Å². The van der Waals surface area contributed by atoms with Crippen molar-refractivity contribution in [1.82, 2.24) is 5.32 Å². The van der Waals surface area contributed by atoms with E-state index in [0.717, 1.165) is 30.6 Å². The molecule has 0 radical (unpaired) electrons. The second kappa shape index (κ2) is 11.0. The van der Waals surface area contributed by atoms with E-state index in [-0.39, 0.29) is 11.9 Å². The van der Waals surface area contributed by atoms with E-state index in [0.29, 0.717) is 19.4 Å². The van der Waals surface area contributed by atoms with Crippen molar-refractivity contribution in [3.63, 3.8) is 0 Å². The Labute approximate surface area is 102 Å². The van der Waals surface area contributed by atoms with Crippen LogP contribution in [0.5, 0.6) is 0 Å². The van der Waals surface area contributed by atoms with E-state index < -0.39 is 0 Å². The summed E-state index contributed by atoms with van der Waals surface area (Å²) in [7, 11) is 0. The molecule has 1 amide bonds. The minimum atomic E-state index is -0.350. The van der Waals surface area contributed by atoms with Crippen molar-refractivity contribution in [2.24, 2.45) is 5.73 Å². The highest BCUT2D eigenvalue weighted by atomic mass is 32.2. The molecule has 0 saturated heterocycles. The van der Waals surface area contributed by atoms with Gasteiger partial charge >= 0.3 is 0 Å². The number of unbranched alkanes of at least 4 members (excludes halogenated alkanes) is 1. The van der Waals surface area contributed by atoms with Crippen molar-refractivity contribution in [3.8, 4) is 0 Å². The summed E-state index contributed by atoms with van der Waals surface area (Å²) in [6.07, 6.45) is 3.82. The van der Waals surface area contributed by atoms with E-state index in [1.807, 2.05) is 0 Å². The van der Waals surface area contributed by atoms with Gasteiger partial charge in [-0.05, 0) is 25.0 Å². The molecular formula is C11H22N2O2S. The number of nitrogens with one attached hydrogen (secondary N) is 1. The Morgan fingerprint density at radius 2 is 2.25 bits per heavy atom. The Balaban J connectivity index is 3.24. The average Bonchev–Trinajstić information content (AvgIpc) is 2.28. The average molecular weight is 246 g/mol. The fourth-order valence-corrected chi connectivity index (χ4v) is 1.82. The maximum Gasteiger partial charge on any atom is 0.220 e. The van der Waals surface area contributed by atoms with Gasteiger partial charge in [0.2, 0.25) is 5.91 Å². The first kappa shape index (κ1) is 15.4. The fourth-order valence-electron chi connectivity index (χ4n) is 1.20. The standard InChI is InChI=1S/C11H22N2O2S/c1-2-16-8-6-11(15)13-7-4-3-5-10(12)9-14/h9-10H,2-8,12H2,1H3,(H,13,15). The highest BCUT2D eigenvalue weighted by molar-refractivity contribution is 7.99. The lowest BCUT2D eigenvalue weighted by Gasteiger charge is -2.05. The molecule has 0 aromatic carbocycles. The first-order valence-electron chi connectivity index (χ1n) is 5.76. The third kappa shape index (κ3) is 9.98. The SMILES string of the molecule is CCSCCC(=O)NCCCCC(N)C=O. The van der Waals surface area contributed by atoms with Gasteiger partial charge in [-0.2, -0.15) is 11.8 Å². The number of hydrogen-bond acceptors (Lipinski definition) is 4. The number of nitrogens with two attached hydrogens (primary N) is 1. The van der Waals surface area contributed by atoms with E-state index in [1.165, 1.54) is 0 Å². The molecule has 0 aliphatic rings. The zero-order valence-electron chi connectivity index (χ0n) is 9.91. The minimum Gasteiger partial charge on any atom is -0.356 e. The van der Waals surface area contributed by atoms with Gasteiger partial charge < -0.3 is 15.8 Å². The maximum atomic E-state index is 11.3. The van der Waals surface area contributed by atoms with Crippen LogP contribution in [0.2, 0.25) is 0 Å². The summed E-state index contributed by atoms with van der Waals surface area (Å²) in [6, 6.07) is -0.350. The van der Waals surface area contributed by atoms with Crippen LogP contribution in [-0.4, -0.2) is 36.3 Å². The van der Waals surface area contributed by atoms with Gasteiger partial charge in [0.05, 0.1) is 6.04 Å². The van der Waals surface area contributed by atoms with E-state index >= 15 is 0 Å². The van der Waals surface area contributed by atoms with Crippen molar-refractivity contribution in [3.05, 3.63) is 0 Å². The van der Waals surface area contributed by atoms with Crippen LogP contribution in [0.4, 0.5) is 0 Å². The third-order valence-corrected chi connectivity index (χ3v) is 3.04. The molecule has 0 spiro atoms. The molecule has 0 heterocycles. The summed E-state index contributed by atoms with van der Waals surface area (Å²) in [6.45, 7) is 2.76. The largest absolute Gasteiger partial charge is 0.356 e. The molecule has 0 aliphatic carbocycles. The third-order valence-electron chi connectivity index (χ3n) is 2.14. The van der Waals surface area contributed by atoms with Crippen LogP contribution in [0, 0.1) is 0 Å². The molecule has 3 N–H and O–H groups in total. The van der Waals surface area contributed by atoms with Gasteiger partial charge in [0, 0.05) is 18.7 Å². The molecule has 16 heavy (non-hydrogen) atoms. The molecule has 0 bridgehead atoms. The molecule has 94 valence electrons. The number of carbonyl (C=O) groups is 2. The zero-order chi connectivity index (χ0) is 12.2. The van der Waals surface area contributed by atoms with Crippen LogP contribution in [0.3, 0.4) is 0 Å². The number of thioether (sulfide) groups is 1. The summed E-state index contributed by atoms with van der Waals surface area (Å²) >= 11 is 1.77. The second-order valence-electron chi connectivity index (χ2n) is 3.59. The Hall–Kier alpha value is -0.550. The van der Waals surface area contributed by atoms with Crippen LogP contribution in [-0.2, 0) is 9.59 Å². The summed E-state index contributed by atoms with van der Waals surface area (Å²) < 4.78 is 0. The molecule has 0 aliphatic heterocycles. The quantitative estimate of drug-likeness (QED) is 0.444. The number of hydrogen-bond donors (Lipinski definition) is 2. The minimum absolute atomic E-state index is 0.112. The summed E-state index contributed by atoms with van der Waals surface area (Å²) in [5, 5.41) is 2.85. The molecule has 0 saturated carbocycles. The Bertz CT molecular complexity index is 200. The van der Waals surface area contributed by atoms with Gasteiger partial charge in [0.1, 0.15) is 6.29 Å². The lowest BCUT2D eigenvalue weighted by molar-refractivity contribution is -0.120. The molecule has 1 unspecified atom stereocenters. The van der Waals surface area contributed by atoms with E-state index in [4.69, 9.17) is 5.73 Å². The number of rotatable bonds is 10. The van der Waals surface area contributed by atoms with Crippen LogP contribution < -0.4 is 11.1 Å². The predicted octanol–water partition coefficient (Wildman–Crippen LogP) is 0.942. The topological polar surface area (TPSA) is 72.2 Å². The lowest BCUT2D eigenvalue weighted by Crippen LogP contribution is -2.25. The Kier molecular flexibility index (Phi) is 10.6. The summed E-state index contributed by atoms with van der Waals surface area (Å²) in [4.78, 5) is 21.5. The summed E-state index contributed by atoms with van der Waals surface area (Å²) in [5.74, 6) is 2.05. The van der Waals surface area contributed by atoms with Gasteiger partial charge in [0.25, 0.3) is 0 Å². The molecule has 4 nitrogen and oxygen atoms in total. The maximum absolute atomic E-state index is 11.3. The number of aldehydes is 1. The van der Waals surface area contributed by atoms with E-state index in [9.17, 15) is 9.59 Å². The van der Waals surface area contributed by atoms with E-state index in [1.54, 1.807) is 11.8 Å². The first-order chi connectivity index (χ1) is 7.70. The normalized spacial score (nSPS) is 12.1. The monoisotopic (exact) mass is 246 g/mol. The molecule has 0 aromatic heterocycles. The van der Waals surface area contributed by atoms with Crippen LogP contribution in [0.15, 0.2) is 0 Å². The molecule has 0 rings (SSSR count). The molecule has 1 atom stereocenters. The van der Waals surface area contributed by atoms with Gasteiger partial charge in [-0.15, -0.1) is 0 Å². The molecule has 5 heteroatoms. The second-order valence-corrected chi connectivity index (χ2v) is 4.99. The van der Waals surface area contributed by atoms with Crippen molar-refractivity contribution in [2.75, 3.05) is 18.1 Å². The van der Waals surface area contributed by atoms with Crippen LogP contribution in [0.1, 0.15) is 32.6 Å². The fraction of sp³-hybridized carbons (Fsp3) is 0.818. The highest BCUT2D eigenvalue weighted by Gasteiger charge is 2.01. The van der Waals surface area contributed by atoms with Crippen molar-refractivity contribution in [1.29, 1.82) is 0 Å². The zero-order valence-corrected chi connectivity index (χ0v) is 10.7. The van der Waals surface area contributed by atoms with Gasteiger partial charge in [-0.3, -0.25) is 4.79 Å². The van der Waals surface area contributed by atoms with Crippen molar-refractivity contribution in [2.45, 2.75) is 38.6 Å². The van der Waals surface area contributed by atoms with Gasteiger partial charge in [0.15, 0.2) is 0 Å². The lowest BCUT2D eigenvalue weighted by atomic mass is 10.1. The predicted molar refractivity (Wildman–Crippen MR) is 68.5 cm³/mol. The van der Waals surface area contributed by atoms with Crippen molar-refractivity contribution >= 4 is 24.0 Å². The Morgan fingerprint density at radius 1 is 1.50 bits per heavy atom.